The Morgan fingerprint density at radius 3 is 2.53 bits per heavy atom. The fourth-order valence-electron chi connectivity index (χ4n) is 4.40. The van der Waals surface area contributed by atoms with Crippen LogP contribution in [0.5, 0.6) is 5.75 Å². The van der Waals surface area contributed by atoms with Crippen LogP contribution in [0.2, 0.25) is 0 Å². The lowest BCUT2D eigenvalue weighted by Gasteiger charge is -2.16. The average Bonchev–Trinajstić information content (AvgIpc) is 3.21. The Hall–Kier alpha value is -4.04. The van der Waals surface area contributed by atoms with E-state index in [-0.39, 0.29) is 17.2 Å². The zero-order valence-corrected chi connectivity index (χ0v) is 21.3. The largest absolute Gasteiger partial charge is 0.495 e. The average molecular weight is 499 g/mol. The number of methoxy groups -OCH3 is 1. The number of aromatic amines is 1. The van der Waals surface area contributed by atoms with E-state index >= 15 is 0 Å². The van der Waals surface area contributed by atoms with Gasteiger partial charge in [-0.15, -0.1) is 0 Å². The van der Waals surface area contributed by atoms with Gasteiger partial charge in [0.05, 0.1) is 18.6 Å². The molecule has 1 amide bonds. The first-order chi connectivity index (χ1) is 17.3. The Bertz CT molecular complexity index is 1670. The van der Waals surface area contributed by atoms with Crippen LogP contribution in [0.1, 0.15) is 16.7 Å². The van der Waals surface area contributed by atoms with Crippen LogP contribution in [0.15, 0.2) is 70.6 Å². The maximum Gasteiger partial charge on any atom is 0.283 e. The third-order valence-electron chi connectivity index (χ3n) is 5.91. The highest BCUT2D eigenvalue weighted by Crippen LogP contribution is 2.30. The van der Waals surface area contributed by atoms with E-state index in [2.05, 4.69) is 16.4 Å². The lowest BCUT2D eigenvalue weighted by atomic mass is 10.1. The molecule has 0 saturated heterocycles. The second kappa shape index (κ2) is 9.54. The van der Waals surface area contributed by atoms with Crippen LogP contribution in [0.3, 0.4) is 0 Å². The monoisotopic (exact) mass is 498 g/mol. The molecule has 8 heteroatoms. The number of fused-ring (bicyclic) bond motifs is 3. The summed E-state index contributed by atoms with van der Waals surface area (Å²) < 4.78 is 7.10. The molecule has 2 heterocycles. The van der Waals surface area contributed by atoms with Crippen molar-refractivity contribution >= 4 is 45.3 Å². The van der Waals surface area contributed by atoms with Crippen molar-refractivity contribution in [2.45, 2.75) is 25.9 Å². The maximum absolute atomic E-state index is 13.8. The number of benzene rings is 3. The Balaban J connectivity index is 1.60. The summed E-state index contributed by atoms with van der Waals surface area (Å²) in [6.07, 6.45) is 0. The van der Waals surface area contributed by atoms with E-state index in [0.717, 1.165) is 33.3 Å². The lowest BCUT2D eigenvalue weighted by molar-refractivity contribution is -0.113. The Morgan fingerprint density at radius 2 is 1.78 bits per heavy atom. The molecule has 0 unspecified atom stereocenters. The zero-order chi connectivity index (χ0) is 25.4. The van der Waals surface area contributed by atoms with Gasteiger partial charge in [-0.1, -0.05) is 42.1 Å². The van der Waals surface area contributed by atoms with Crippen LogP contribution in [0.4, 0.5) is 5.69 Å². The summed E-state index contributed by atoms with van der Waals surface area (Å²) in [7, 11) is 1.57. The number of carbonyl (C=O) groups excluding carboxylic acids is 1. The highest BCUT2D eigenvalue weighted by atomic mass is 32.2. The van der Waals surface area contributed by atoms with Gasteiger partial charge in [-0.25, -0.2) is 9.55 Å². The second-order valence-corrected chi connectivity index (χ2v) is 9.76. The lowest BCUT2D eigenvalue weighted by Crippen LogP contribution is -2.23. The van der Waals surface area contributed by atoms with Gasteiger partial charge in [-0.05, 0) is 67.8 Å². The highest BCUT2D eigenvalue weighted by molar-refractivity contribution is 7.99. The summed E-state index contributed by atoms with van der Waals surface area (Å²) in [5.74, 6) is 0.448. The molecular formula is C28H26N4O3S. The Labute approximate surface area is 212 Å². The number of hydrogen-bond donors (Lipinski definition) is 2. The first kappa shape index (κ1) is 23.7. The zero-order valence-electron chi connectivity index (χ0n) is 20.5. The molecule has 182 valence electrons. The van der Waals surface area contributed by atoms with Crippen LogP contribution in [-0.2, 0) is 4.79 Å². The molecule has 0 aliphatic heterocycles. The van der Waals surface area contributed by atoms with E-state index in [1.165, 1.54) is 16.3 Å². The van der Waals surface area contributed by atoms with Crippen molar-refractivity contribution in [3.05, 3.63) is 87.7 Å². The van der Waals surface area contributed by atoms with Gasteiger partial charge in [0, 0.05) is 16.6 Å². The summed E-state index contributed by atoms with van der Waals surface area (Å²) in [6.45, 7) is 5.93. The molecule has 2 aromatic heterocycles. The van der Waals surface area contributed by atoms with E-state index in [1.54, 1.807) is 7.11 Å². The van der Waals surface area contributed by atoms with Crippen molar-refractivity contribution in [3.63, 3.8) is 0 Å². The topological polar surface area (TPSA) is 89.0 Å². The van der Waals surface area contributed by atoms with Crippen molar-refractivity contribution in [3.8, 4) is 11.4 Å². The van der Waals surface area contributed by atoms with Crippen LogP contribution in [0, 0.1) is 20.8 Å². The minimum absolute atomic E-state index is 0.0847. The molecule has 0 atom stereocenters. The van der Waals surface area contributed by atoms with Crippen LogP contribution in [0.25, 0.3) is 27.6 Å². The number of aromatic nitrogens is 3. The van der Waals surface area contributed by atoms with Crippen molar-refractivity contribution in [1.29, 1.82) is 0 Å². The molecule has 5 rings (SSSR count). The summed E-state index contributed by atoms with van der Waals surface area (Å²) in [5, 5.41) is 4.22. The van der Waals surface area contributed by atoms with Gasteiger partial charge in [0.1, 0.15) is 16.8 Å². The van der Waals surface area contributed by atoms with Gasteiger partial charge in [0.15, 0.2) is 5.16 Å². The number of amides is 1. The smallest absolute Gasteiger partial charge is 0.283 e. The number of ether oxygens (including phenoxy) is 1. The number of anilines is 1. The third-order valence-corrected chi connectivity index (χ3v) is 6.85. The second-order valence-electron chi connectivity index (χ2n) is 8.82. The number of H-pyrrole nitrogens is 1. The van der Waals surface area contributed by atoms with Gasteiger partial charge in [0.2, 0.25) is 5.91 Å². The Morgan fingerprint density at radius 1 is 1.03 bits per heavy atom. The minimum atomic E-state index is -0.252. The van der Waals surface area contributed by atoms with Crippen molar-refractivity contribution in [1.82, 2.24) is 14.5 Å². The number of hydrogen-bond acceptors (Lipinski definition) is 5. The Kier molecular flexibility index (Phi) is 6.28. The number of nitrogens with one attached hydrogen (secondary N) is 2. The van der Waals surface area contributed by atoms with Gasteiger partial charge in [0.25, 0.3) is 5.56 Å². The molecule has 0 saturated carbocycles. The molecule has 0 spiro atoms. The van der Waals surface area contributed by atoms with E-state index in [4.69, 9.17) is 9.72 Å². The molecule has 0 aliphatic rings. The van der Waals surface area contributed by atoms with Crippen LogP contribution < -0.4 is 15.6 Å². The van der Waals surface area contributed by atoms with Gasteiger partial charge < -0.3 is 15.0 Å². The standard InChI is InChI=1S/C28H26N4O3S/c1-16-9-10-23(35-4)22(14-16)32-27(34)26-25(20-7-5-6-8-21(20)30-26)31-28(32)36-15-24(33)29-19-12-17(2)11-18(3)13-19/h5-14,30H,15H2,1-4H3,(H,29,33). The summed E-state index contributed by atoms with van der Waals surface area (Å²) in [5.41, 5.74) is 6.00. The molecule has 0 bridgehead atoms. The summed E-state index contributed by atoms with van der Waals surface area (Å²) in [4.78, 5) is 34.8. The van der Waals surface area contributed by atoms with Gasteiger partial charge in [-0.3, -0.25) is 9.59 Å². The predicted octanol–water partition coefficient (Wildman–Crippen LogP) is 5.53. The molecular weight excluding hydrogens is 472 g/mol. The van der Waals surface area contributed by atoms with E-state index in [9.17, 15) is 9.59 Å². The number of para-hydroxylation sites is 1. The van der Waals surface area contributed by atoms with Crippen molar-refractivity contribution < 1.29 is 9.53 Å². The molecule has 5 aromatic rings. The molecule has 36 heavy (non-hydrogen) atoms. The molecule has 0 fully saturated rings. The minimum Gasteiger partial charge on any atom is -0.495 e. The van der Waals surface area contributed by atoms with Crippen molar-refractivity contribution in [2.24, 2.45) is 0 Å². The number of rotatable bonds is 6. The molecule has 3 aromatic carbocycles. The first-order valence-corrected chi connectivity index (χ1v) is 12.5. The van der Waals surface area contributed by atoms with Crippen LogP contribution in [-0.4, -0.2) is 33.3 Å². The van der Waals surface area contributed by atoms with Crippen LogP contribution >= 0.6 is 11.8 Å². The quantitative estimate of drug-likeness (QED) is 0.237. The normalized spacial score (nSPS) is 11.2. The SMILES string of the molecule is COc1ccc(C)cc1-n1c(SCC(=O)Nc2cc(C)cc(C)c2)nc2c([nH]c3ccccc32)c1=O. The number of carbonyl (C=O) groups is 1. The van der Waals surface area contributed by atoms with E-state index in [1.807, 2.05) is 75.4 Å². The number of aryl methyl sites for hydroxylation is 3. The van der Waals surface area contributed by atoms with E-state index in [0.29, 0.717) is 27.6 Å². The highest BCUT2D eigenvalue weighted by Gasteiger charge is 2.20. The first-order valence-electron chi connectivity index (χ1n) is 11.5. The summed E-state index contributed by atoms with van der Waals surface area (Å²) in [6, 6.07) is 19.2. The van der Waals surface area contributed by atoms with Crippen molar-refractivity contribution in [2.75, 3.05) is 18.2 Å². The fourth-order valence-corrected chi connectivity index (χ4v) is 5.20. The summed E-state index contributed by atoms with van der Waals surface area (Å²) >= 11 is 1.21. The molecule has 0 aliphatic carbocycles. The van der Waals surface area contributed by atoms with E-state index < -0.39 is 0 Å². The predicted molar refractivity (Wildman–Crippen MR) is 146 cm³/mol. The molecule has 7 nitrogen and oxygen atoms in total. The van der Waals surface area contributed by atoms with Gasteiger partial charge in [-0.2, -0.15) is 0 Å². The number of nitrogens with zero attached hydrogens (tertiary/aromatic N) is 2. The third kappa shape index (κ3) is 4.47. The van der Waals surface area contributed by atoms with Gasteiger partial charge >= 0.3 is 0 Å². The fraction of sp³-hybridized carbons (Fsp3) is 0.179. The molecule has 2 N–H and O–H groups in total. The maximum atomic E-state index is 13.8. The molecule has 0 radical (unpaired) electrons. The number of thioether (sulfide) groups is 1.